The van der Waals surface area contributed by atoms with Crippen molar-refractivity contribution in [2.24, 2.45) is 0 Å². The van der Waals surface area contributed by atoms with Gasteiger partial charge in [0, 0.05) is 26.2 Å². The number of rotatable bonds is 7. The number of phenolic OH excluding ortho intramolecular Hbond substituents is 1. The first-order chi connectivity index (χ1) is 18.6. The molecule has 3 heterocycles. The molecule has 1 aliphatic rings. The topological polar surface area (TPSA) is 92.4 Å². The standard InChI is InChI=1S/C27H26FN7O2S/c1-37-23-16-19(8-11-22(23)36)25(26-30-31-32-35(26)17-18-6-9-20(28)10-7-18)33-12-14-34(15-13-33)27-29-21-4-2-3-5-24(21)38-27/h2-11,16,25,36H,12-15,17H2,1H3/t25-/m1/s1. The molecule has 0 saturated carbocycles. The van der Waals surface area contributed by atoms with E-state index in [1.54, 1.807) is 34.2 Å². The van der Waals surface area contributed by atoms with Crippen molar-refractivity contribution in [3.8, 4) is 11.5 Å². The highest BCUT2D eigenvalue weighted by Gasteiger charge is 2.32. The number of phenols is 1. The third kappa shape index (κ3) is 4.77. The Morgan fingerprint density at radius 3 is 2.58 bits per heavy atom. The number of ether oxygens (including phenoxy) is 1. The van der Waals surface area contributed by atoms with Crippen molar-refractivity contribution in [2.45, 2.75) is 12.6 Å². The molecule has 0 radical (unpaired) electrons. The quantitative estimate of drug-likeness (QED) is 0.336. The lowest BCUT2D eigenvalue weighted by Crippen LogP contribution is -2.48. The fraction of sp³-hybridized carbons (Fsp3) is 0.259. The molecule has 5 aromatic rings. The normalized spacial score (nSPS) is 15.2. The second kappa shape index (κ2) is 10.3. The molecule has 9 nitrogen and oxygen atoms in total. The van der Waals surface area contributed by atoms with Crippen molar-refractivity contribution < 1.29 is 14.2 Å². The highest BCUT2D eigenvalue weighted by molar-refractivity contribution is 7.22. The van der Waals surface area contributed by atoms with Crippen molar-refractivity contribution in [1.29, 1.82) is 0 Å². The number of benzene rings is 3. The van der Waals surface area contributed by atoms with E-state index in [9.17, 15) is 9.50 Å². The highest BCUT2D eigenvalue weighted by atomic mass is 32.1. The molecule has 6 rings (SSSR count). The molecule has 1 aliphatic heterocycles. The van der Waals surface area contributed by atoms with Crippen molar-refractivity contribution in [1.82, 2.24) is 30.1 Å². The van der Waals surface area contributed by atoms with Crippen LogP contribution in [0.1, 0.15) is 23.0 Å². The van der Waals surface area contributed by atoms with E-state index in [-0.39, 0.29) is 17.6 Å². The number of thiazole rings is 1. The van der Waals surface area contributed by atoms with Crippen LogP contribution in [0.5, 0.6) is 11.5 Å². The minimum Gasteiger partial charge on any atom is -0.504 e. The van der Waals surface area contributed by atoms with Gasteiger partial charge in [-0.25, -0.2) is 14.1 Å². The summed E-state index contributed by atoms with van der Waals surface area (Å²) >= 11 is 1.71. The smallest absolute Gasteiger partial charge is 0.186 e. The summed E-state index contributed by atoms with van der Waals surface area (Å²) in [4.78, 5) is 9.48. The Morgan fingerprint density at radius 1 is 1.03 bits per heavy atom. The molecule has 1 fully saturated rings. The molecule has 0 aliphatic carbocycles. The van der Waals surface area contributed by atoms with Crippen LogP contribution in [-0.4, -0.2) is 68.5 Å². The summed E-state index contributed by atoms with van der Waals surface area (Å²) < 4.78 is 21.8. The number of piperazine rings is 1. The summed E-state index contributed by atoms with van der Waals surface area (Å²) in [5.74, 6) is 0.834. The summed E-state index contributed by atoms with van der Waals surface area (Å²) in [6.07, 6.45) is 0. The number of halogens is 1. The van der Waals surface area contributed by atoms with E-state index in [0.29, 0.717) is 18.1 Å². The first kappa shape index (κ1) is 24.3. The summed E-state index contributed by atoms with van der Waals surface area (Å²) in [7, 11) is 1.53. The lowest BCUT2D eigenvalue weighted by Gasteiger charge is -2.38. The number of hydrogen-bond donors (Lipinski definition) is 1. The van der Waals surface area contributed by atoms with Gasteiger partial charge in [0.05, 0.1) is 29.9 Å². The Labute approximate surface area is 222 Å². The van der Waals surface area contributed by atoms with E-state index in [4.69, 9.17) is 9.72 Å². The largest absolute Gasteiger partial charge is 0.504 e. The zero-order chi connectivity index (χ0) is 26.1. The van der Waals surface area contributed by atoms with Crippen LogP contribution in [0.25, 0.3) is 10.2 Å². The first-order valence-electron chi connectivity index (χ1n) is 12.3. The van der Waals surface area contributed by atoms with Gasteiger partial charge in [0.1, 0.15) is 5.82 Å². The van der Waals surface area contributed by atoms with Gasteiger partial charge in [-0.1, -0.05) is 41.7 Å². The van der Waals surface area contributed by atoms with Crippen LogP contribution in [0.3, 0.4) is 0 Å². The fourth-order valence-electron chi connectivity index (χ4n) is 4.84. The highest BCUT2D eigenvalue weighted by Crippen LogP contribution is 2.36. The van der Waals surface area contributed by atoms with E-state index < -0.39 is 0 Å². The maximum Gasteiger partial charge on any atom is 0.186 e. The van der Waals surface area contributed by atoms with Gasteiger partial charge in [-0.2, -0.15) is 0 Å². The minimum absolute atomic E-state index is 0.0709. The van der Waals surface area contributed by atoms with E-state index in [1.807, 2.05) is 30.3 Å². The number of methoxy groups -OCH3 is 1. The molecule has 0 amide bonds. The zero-order valence-electron chi connectivity index (χ0n) is 20.7. The number of hydrogen-bond acceptors (Lipinski definition) is 9. The summed E-state index contributed by atoms with van der Waals surface area (Å²) in [5, 5.41) is 23.9. The van der Waals surface area contributed by atoms with Crippen LogP contribution in [0.15, 0.2) is 66.7 Å². The average Bonchev–Trinajstić information content (AvgIpc) is 3.58. The molecule has 38 heavy (non-hydrogen) atoms. The lowest BCUT2D eigenvalue weighted by atomic mass is 10.0. The van der Waals surface area contributed by atoms with Crippen LogP contribution in [-0.2, 0) is 6.54 Å². The first-order valence-corrected chi connectivity index (χ1v) is 13.1. The van der Waals surface area contributed by atoms with E-state index in [2.05, 4.69) is 31.4 Å². The van der Waals surface area contributed by atoms with Gasteiger partial charge in [0.25, 0.3) is 0 Å². The number of tetrazole rings is 1. The molecular weight excluding hydrogens is 505 g/mol. The van der Waals surface area contributed by atoms with Gasteiger partial charge in [0.15, 0.2) is 22.5 Å². The number of aromatic nitrogens is 5. The Bertz CT molecular complexity index is 1510. The van der Waals surface area contributed by atoms with Crippen LogP contribution < -0.4 is 9.64 Å². The van der Waals surface area contributed by atoms with E-state index in [1.165, 1.54) is 23.9 Å². The molecular formula is C27H26FN7O2S. The molecule has 0 bridgehead atoms. The molecule has 0 unspecified atom stereocenters. The van der Waals surface area contributed by atoms with Crippen LogP contribution >= 0.6 is 11.3 Å². The van der Waals surface area contributed by atoms with Crippen LogP contribution in [0.4, 0.5) is 9.52 Å². The van der Waals surface area contributed by atoms with Gasteiger partial charge in [-0.3, -0.25) is 4.90 Å². The number of fused-ring (bicyclic) bond motifs is 1. The van der Waals surface area contributed by atoms with Crippen molar-refractivity contribution in [2.75, 3.05) is 38.2 Å². The summed E-state index contributed by atoms with van der Waals surface area (Å²) in [6, 6.07) is 19.6. The fourth-order valence-corrected chi connectivity index (χ4v) is 5.85. The number of para-hydroxylation sites is 1. The predicted molar refractivity (Wildman–Crippen MR) is 143 cm³/mol. The SMILES string of the molecule is COc1cc([C@H](c2nnnn2Cc2ccc(F)cc2)N2CCN(c3nc4ccccc4s3)CC2)ccc1O. The zero-order valence-corrected chi connectivity index (χ0v) is 21.6. The van der Waals surface area contributed by atoms with Gasteiger partial charge >= 0.3 is 0 Å². The predicted octanol–water partition coefficient (Wildman–Crippen LogP) is 4.10. The second-order valence-electron chi connectivity index (χ2n) is 9.14. The van der Waals surface area contributed by atoms with E-state index in [0.717, 1.165) is 48.0 Å². The van der Waals surface area contributed by atoms with E-state index >= 15 is 0 Å². The Morgan fingerprint density at radius 2 is 1.82 bits per heavy atom. The number of nitrogens with zero attached hydrogens (tertiary/aromatic N) is 7. The van der Waals surface area contributed by atoms with Crippen LogP contribution in [0, 0.1) is 5.82 Å². The second-order valence-corrected chi connectivity index (χ2v) is 10.2. The molecule has 11 heteroatoms. The van der Waals surface area contributed by atoms with Crippen molar-refractivity contribution in [3.05, 3.63) is 89.5 Å². The molecule has 1 saturated heterocycles. The molecule has 2 aromatic heterocycles. The molecule has 0 spiro atoms. The minimum atomic E-state index is -0.286. The molecule has 1 atom stereocenters. The summed E-state index contributed by atoms with van der Waals surface area (Å²) in [6.45, 7) is 3.51. The Balaban J connectivity index is 1.30. The lowest BCUT2D eigenvalue weighted by molar-refractivity contribution is 0.201. The average molecular weight is 532 g/mol. The van der Waals surface area contributed by atoms with Crippen LogP contribution in [0.2, 0.25) is 0 Å². The van der Waals surface area contributed by atoms with Gasteiger partial charge in [0.2, 0.25) is 0 Å². The van der Waals surface area contributed by atoms with Crippen molar-refractivity contribution in [3.63, 3.8) is 0 Å². The third-order valence-electron chi connectivity index (χ3n) is 6.80. The number of aromatic hydroxyl groups is 1. The van der Waals surface area contributed by atoms with Gasteiger partial charge in [-0.15, -0.1) is 5.10 Å². The van der Waals surface area contributed by atoms with Crippen molar-refractivity contribution >= 4 is 26.7 Å². The maximum absolute atomic E-state index is 13.5. The molecule has 194 valence electrons. The molecule has 3 aromatic carbocycles. The summed E-state index contributed by atoms with van der Waals surface area (Å²) in [5.41, 5.74) is 2.81. The van der Waals surface area contributed by atoms with Gasteiger partial charge < -0.3 is 14.7 Å². The van der Waals surface area contributed by atoms with Gasteiger partial charge in [-0.05, 0) is 58.0 Å². The number of anilines is 1. The third-order valence-corrected chi connectivity index (χ3v) is 7.90. The Hall–Kier alpha value is -4.09. The Kier molecular flexibility index (Phi) is 6.61. The molecule has 1 N–H and O–H groups in total. The maximum atomic E-state index is 13.5. The monoisotopic (exact) mass is 531 g/mol.